The van der Waals surface area contributed by atoms with Gasteiger partial charge < -0.3 is 0 Å². The summed E-state index contributed by atoms with van der Waals surface area (Å²) in [5, 5.41) is 0. The number of sulfonamides is 1. The average molecular weight is 412 g/mol. The molecule has 0 amide bonds. The van der Waals surface area contributed by atoms with Gasteiger partial charge in [0, 0.05) is 8.04 Å². The summed E-state index contributed by atoms with van der Waals surface area (Å²) in [6, 6.07) is 4.74. The normalized spacial score (nSPS) is 11.8. The first kappa shape index (κ1) is 13.1. The summed E-state index contributed by atoms with van der Waals surface area (Å²) in [6.07, 6.45) is 0. The maximum atomic E-state index is 12.1. The maximum absolute atomic E-state index is 12.1. The predicted molar refractivity (Wildman–Crippen MR) is 65.4 cm³/mol. The summed E-state index contributed by atoms with van der Waals surface area (Å²) in [5.41, 5.74) is 0.0993. The molecule has 1 aromatic rings. The van der Waals surface area contributed by atoms with Gasteiger partial charge in [-0.3, -0.25) is 4.72 Å². The van der Waals surface area contributed by atoms with E-state index in [1.165, 1.54) is 6.07 Å². The molecule has 0 aliphatic heterocycles. The van der Waals surface area contributed by atoms with Gasteiger partial charge in [0.05, 0.1) is 5.69 Å². The molecular weight excluding hydrogens is 407 g/mol. The molecule has 0 aromatic heterocycles. The lowest BCUT2D eigenvalue weighted by Gasteiger charge is -2.08. The van der Waals surface area contributed by atoms with Crippen LogP contribution in [0, 0.1) is 3.57 Å². The van der Waals surface area contributed by atoms with Crippen LogP contribution in [0.25, 0.3) is 0 Å². The lowest BCUT2D eigenvalue weighted by molar-refractivity contribution is 0.236. The van der Waals surface area contributed by atoms with Crippen molar-refractivity contribution in [3.05, 3.63) is 26.2 Å². The molecule has 8 heteroatoms. The highest BCUT2D eigenvalue weighted by Gasteiger charge is 2.24. The highest BCUT2D eigenvalue weighted by Crippen LogP contribution is 2.26. The topological polar surface area (TPSA) is 46.2 Å². The Morgan fingerprint density at radius 1 is 1.40 bits per heavy atom. The van der Waals surface area contributed by atoms with Crippen LogP contribution in [0.15, 0.2) is 22.7 Å². The van der Waals surface area contributed by atoms with Crippen molar-refractivity contribution in [2.24, 2.45) is 0 Å². The fourth-order valence-electron chi connectivity index (χ4n) is 0.774. The third kappa shape index (κ3) is 3.52. The summed E-state index contributed by atoms with van der Waals surface area (Å²) in [5.74, 6) is -3.44. The van der Waals surface area contributed by atoms with E-state index in [9.17, 15) is 17.2 Å². The van der Waals surface area contributed by atoms with Gasteiger partial charge in [0.2, 0.25) is 0 Å². The van der Waals surface area contributed by atoms with Gasteiger partial charge in [-0.15, -0.1) is 0 Å². The van der Waals surface area contributed by atoms with Crippen LogP contribution >= 0.6 is 38.5 Å². The number of rotatable bonds is 3. The Hall–Kier alpha value is 0.0400. The Balaban J connectivity index is 3.05. The van der Waals surface area contributed by atoms with Crippen LogP contribution in [0.2, 0.25) is 0 Å². The molecule has 0 fully saturated rings. The van der Waals surface area contributed by atoms with Crippen molar-refractivity contribution in [2.75, 3.05) is 4.72 Å². The molecule has 1 aromatic carbocycles. The zero-order valence-corrected chi connectivity index (χ0v) is 11.6. The van der Waals surface area contributed by atoms with Crippen molar-refractivity contribution < 1.29 is 17.2 Å². The third-order valence-electron chi connectivity index (χ3n) is 1.42. The predicted octanol–water partition coefficient (Wildman–Crippen LogP) is 3.02. The second-order valence-corrected chi connectivity index (χ2v) is 6.28. The van der Waals surface area contributed by atoms with Crippen molar-refractivity contribution in [3.8, 4) is 0 Å². The molecule has 1 rings (SSSR count). The fraction of sp³-hybridized carbons (Fsp3) is 0.143. The number of anilines is 1. The van der Waals surface area contributed by atoms with Crippen molar-refractivity contribution in [2.45, 2.75) is 5.76 Å². The Morgan fingerprint density at radius 2 is 2.00 bits per heavy atom. The van der Waals surface area contributed by atoms with E-state index < -0.39 is 15.8 Å². The van der Waals surface area contributed by atoms with E-state index in [1.807, 2.05) is 22.6 Å². The van der Waals surface area contributed by atoms with Crippen LogP contribution < -0.4 is 4.72 Å². The van der Waals surface area contributed by atoms with Crippen LogP contribution in [0.4, 0.5) is 14.5 Å². The Kier molecular flexibility index (Phi) is 4.29. The SMILES string of the molecule is O=S(=O)(Nc1cc(I)ccc1Br)C(F)F. The molecule has 0 aliphatic rings. The van der Waals surface area contributed by atoms with E-state index in [4.69, 9.17) is 0 Å². The molecule has 0 bridgehead atoms. The number of nitrogens with one attached hydrogen (secondary N) is 1. The molecule has 0 radical (unpaired) electrons. The first-order valence-electron chi connectivity index (χ1n) is 3.58. The molecule has 0 saturated heterocycles. The summed E-state index contributed by atoms with van der Waals surface area (Å²) in [6.45, 7) is 0. The van der Waals surface area contributed by atoms with Gasteiger partial charge in [0.1, 0.15) is 0 Å². The number of benzene rings is 1. The Bertz CT molecular complexity index is 466. The van der Waals surface area contributed by atoms with Gasteiger partial charge in [-0.2, -0.15) is 8.78 Å². The van der Waals surface area contributed by atoms with E-state index in [0.29, 0.717) is 4.47 Å². The summed E-state index contributed by atoms with van der Waals surface area (Å²) in [4.78, 5) is 0. The second kappa shape index (κ2) is 4.91. The van der Waals surface area contributed by atoms with E-state index in [0.717, 1.165) is 3.57 Å². The number of hydrogen-bond acceptors (Lipinski definition) is 2. The Morgan fingerprint density at radius 3 is 2.53 bits per heavy atom. The second-order valence-electron chi connectivity index (χ2n) is 2.53. The monoisotopic (exact) mass is 411 g/mol. The van der Waals surface area contributed by atoms with Crippen molar-refractivity contribution in [1.29, 1.82) is 0 Å². The highest BCUT2D eigenvalue weighted by atomic mass is 127. The van der Waals surface area contributed by atoms with E-state index in [1.54, 1.807) is 16.9 Å². The fourth-order valence-corrected chi connectivity index (χ4v) is 2.31. The van der Waals surface area contributed by atoms with Crippen LogP contribution in [0.5, 0.6) is 0 Å². The maximum Gasteiger partial charge on any atom is 0.355 e. The molecule has 0 spiro atoms. The molecule has 0 saturated carbocycles. The van der Waals surface area contributed by atoms with Crippen molar-refractivity contribution in [3.63, 3.8) is 0 Å². The third-order valence-corrected chi connectivity index (χ3v) is 3.75. The molecule has 0 aliphatic carbocycles. The number of halogens is 4. The molecule has 0 heterocycles. The van der Waals surface area contributed by atoms with Crippen LogP contribution in [-0.2, 0) is 10.0 Å². The van der Waals surface area contributed by atoms with Gasteiger partial charge in [-0.05, 0) is 56.7 Å². The van der Waals surface area contributed by atoms with E-state index in [-0.39, 0.29) is 5.69 Å². The van der Waals surface area contributed by atoms with Crippen molar-refractivity contribution in [1.82, 2.24) is 0 Å². The minimum atomic E-state index is -4.61. The standard InChI is InChI=1S/C7H5BrF2INO2S/c8-5-2-1-4(11)3-6(5)12-15(13,14)7(9)10/h1-3,7,12H. The smallest absolute Gasteiger partial charge is 0.278 e. The largest absolute Gasteiger partial charge is 0.355 e. The van der Waals surface area contributed by atoms with Gasteiger partial charge in [-0.1, -0.05) is 0 Å². The Labute approximate surface area is 108 Å². The minimum absolute atomic E-state index is 0.0993. The molecular formula is C7H5BrF2INO2S. The van der Waals surface area contributed by atoms with Gasteiger partial charge in [0.25, 0.3) is 10.0 Å². The zero-order valence-electron chi connectivity index (χ0n) is 7.05. The first-order valence-corrected chi connectivity index (χ1v) is 6.99. The zero-order chi connectivity index (χ0) is 11.6. The lowest BCUT2D eigenvalue weighted by Crippen LogP contribution is -2.20. The quantitative estimate of drug-likeness (QED) is 0.777. The molecule has 0 atom stereocenters. The molecule has 84 valence electrons. The summed E-state index contributed by atoms with van der Waals surface area (Å²) in [7, 11) is -4.61. The van der Waals surface area contributed by atoms with Gasteiger partial charge in [-0.25, -0.2) is 8.42 Å². The van der Waals surface area contributed by atoms with Crippen LogP contribution in [-0.4, -0.2) is 14.2 Å². The van der Waals surface area contributed by atoms with E-state index >= 15 is 0 Å². The molecule has 1 N–H and O–H groups in total. The number of hydrogen-bond donors (Lipinski definition) is 1. The summed E-state index contributed by atoms with van der Waals surface area (Å²) >= 11 is 5.00. The number of alkyl halides is 2. The van der Waals surface area contributed by atoms with Crippen LogP contribution in [0.3, 0.4) is 0 Å². The first-order chi connectivity index (χ1) is 6.83. The van der Waals surface area contributed by atoms with E-state index in [2.05, 4.69) is 15.9 Å². The van der Waals surface area contributed by atoms with Gasteiger partial charge >= 0.3 is 5.76 Å². The lowest BCUT2D eigenvalue weighted by atomic mass is 10.3. The van der Waals surface area contributed by atoms with Crippen molar-refractivity contribution >= 4 is 54.2 Å². The van der Waals surface area contributed by atoms with Crippen LogP contribution in [0.1, 0.15) is 0 Å². The average Bonchev–Trinajstić information content (AvgIpc) is 2.10. The summed E-state index contributed by atoms with van der Waals surface area (Å²) < 4.78 is 48.8. The minimum Gasteiger partial charge on any atom is -0.278 e. The highest BCUT2D eigenvalue weighted by molar-refractivity contribution is 14.1. The molecule has 3 nitrogen and oxygen atoms in total. The molecule has 15 heavy (non-hydrogen) atoms. The van der Waals surface area contributed by atoms with Gasteiger partial charge in [0.15, 0.2) is 0 Å². The molecule has 0 unspecified atom stereocenters.